The van der Waals surface area contributed by atoms with Gasteiger partial charge in [0.25, 0.3) is 5.56 Å². The number of aryl methyl sites for hydroxylation is 3. The summed E-state index contributed by atoms with van der Waals surface area (Å²) in [5.74, 6) is 0. The Bertz CT molecular complexity index is 1140. The van der Waals surface area contributed by atoms with E-state index in [1.807, 2.05) is 19.1 Å². The second-order valence-electron chi connectivity index (χ2n) is 8.93. The van der Waals surface area contributed by atoms with E-state index in [0.29, 0.717) is 12.6 Å². The topological polar surface area (TPSA) is 63.1 Å². The molecule has 2 aliphatic rings. The Morgan fingerprint density at radius 1 is 1.10 bits per heavy atom. The predicted molar refractivity (Wildman–Crippen MR) is 125 cm³/mol. The molecule has 2 aromatic heterocycles. The van der Waals surface area contributed by atoms with Gasteiger partial charge in [-0.2, -0.15) is 5.10 Å². The zero-order chi connectivity index (χ0) is 21.2. The van der Waals surface area contributed by atoms with E-state index in [0.717, 1.165) is 67.1 Å². The Labute approximate surface area is 183 Å². The average molecular weight is 418 g/mol. The molecule has 1 aromatic carbocycles. The van der Waals surface area contributed by atoms with Crippen LogP contribution in [0.1, 0.15) is 42.6 Å². The number of aromatic nitrogens is 3. The molecular weight excluding hydrogens is 386 g/mol. The van der Waals surface area contributed by atoms with E-state index in [4.69, 9.17) is 0 Å². The summed E-state index contributed by atoms with van der Waals surface area (Å²) < 4.78 is 1.68. The number of piperidine rings is 1. The third-order valence-electron chi connectivity index (χ3n) is 6.74. The van der Waals surface area contributed by atoms with Gasteiger partial charge in [-0.3, -0.25) is 14.7 Å². The summed E-state index contributed by atoms with van der Waals surface area (Å²) in [6.07, 6.45) is 6.79. The van der Waals surface area contributed by atoms with Crippen LogP contribution in [0.15, 0.2) is 41.2 Å². The van der Waals surface area contributed by atoms with E-state index < -0.39 is 0 Å². The quantitative estimate of drug-likeness (QED) is 0.665. The summed E-state index contributed by atoms with van der Waals surface area (Å²) in [6.45, 7) is 5.57. The minimum Gasteiger partial charge on any atom is -0.383 e. The Kier molecular flexibility index (Phi) is 5.72. The summed E-state index contributed by atoms with van der Waals surface area (Å²) in [7, 11) is 0. The van der Waals surface area contributed by atoms with Gasteiger partial charge in [-0.25, -0.2) is 4.68 Å². The third-order valence-corrected chi connectivity index (χ3v) is 6.74. The van der Waals surface area contributed by atoms with Crippen molar-refractivity contribution in [3.8, 4) is 0 Å². The lowest BCUT2D eigenvalue weighted by atomic mass is 10.0. The lowest BCUT2D eigenvalue weighted by Crippen LogP contribution is -2.45. The van der Waals surface area contributed by atoms with E-state index >= 15 is 0 Å². The van der Waals surface area contributed by atoms with Crippen LogP contribution in [-0.4, -0.2) is 45.3 Å². The Morgan fingerprint density at radius 2 is 2.00 bits per heavy atom. The molecule has 0 spiro atoms. The molecule has 3 heterocycles. The van der Waals surface area contributed by atoms with Crippen LogP contribution in [0.2, 0.25) is 0 Å². The van der Waals surface area contributed by atoms with Gasteiger partial charge in [0.1, 0.15) is 0 Å². The fraction of sp³-hybridized carbons (Fsp3) is 0.480. The summed E-state index contributed by atoms with van der Waals surface area (Å²) in [6, 6.07) is 12.7. The smallest absolute Gasteiger partial charge is 0.267 e. The third kappa shape index (κ3) is 4.35. The van der Waals surface area contributed by atoms with Crippen molar-refractivity contribution in [2.45, 2.75) is 58.0 Å². The summed E-state index contributed by atoms with van der Waals surface area (Å²) >= 11 is 0. The molecule has 0 radical (unpaired) electrons. The maximum Gasteiger partial charge on any atom is 0.267 e. The van der Waals surface area contributed by atoms with Crippen LogP contribution in [0, 0.1) is 6.92 Å². The second-order valence-corrected chi connectivity index (χ2v) is 8.93. The molecule has 1 saturated heterocycles. The maximum atomic E-state index is 12.5. The Morgan fingerprint density at radius 3 is 2.94 bits per heavy atom. The van der Waals surface area contributed by atoms with Gasteiger partial charge in [0, 0.05) is 42.0 Å². The minimum absolute atomic E-state index is 0.0473. The molecule has 6 heteroatoms. The van der Waals surface area contributed by atoms with E-state index in [1.165, 1.54) is 24.6 Å². The first-order valence-electron chi connectivity index (χ1n) is 11.6. The fourth-order valence-corrected chi connectivity index (χ4v) is 5.09. The van der Waals surface area contributed by atoms with Gasteiger partial charge in [-0.1, -0.05) is 24.6 Å². The lowest BCUT2D eigenvalue weighted by molar-refractivity contribution is 0.148. The number of hydrogen-bond donors (Lipinski definition) is 1. The van der Waals surface area contributed by atoms with Gasteiger partial charge in [-0.15, -0.1) is 0 Å². The zero-order valence-electron chi connectivity index (χ0n) is 18.3. The van der Waals surface area contributed by atoms with Crippen molar-refractivity contribution >= 4 is 16.6 Å². The summed E-state index contributed by atoms with van der Waals surface area (Å²) in [5, 5.41) is 9.53. The van der Waals surface area contributed by atoms with Gasteiger partial charge in [-0.05, 0) is 63.3 Å². The van der Waals surface area contributed by atoms with E-state index in [9.17, 15) is 4.79 Å². The molecule has 1 aliphatic carbocycles. The van der Waals surface area contributed by atoms with E-state index in [1.54, 1.807) is 4.68 Å². The van der Waals surface area contributed by atoms with E-state index in [2.05, 4.69) is 44.6 Å². The molecule has 1 unspecified atom stereocenters. The normalized spacial score (nSPS) is 18.9. The number of anilines is 1. The zero-order valence-corrected chi connectivity index (χ0v) is 18.3. The van der Waals surface area contributed by atoms with Gasteiger partial charge in [0.05, 0.1) is 17.8 Å². The van der Waals surface area contributed by atoms with Crippen molar-refractivity contribution in [2.24, 2.45) is 0 Å². The molecule has 3 aromatic rings. The molecule has 162 valence electrons. The van der Waals surface area contributed by atoms with Crippen molar-refractivity contribution in [3.05, 3.63) is 63.7 Å². The highest BCUT2D eigenvalue weighted by Crippen LogP contribution is 2.24. The van der Waals surface area contributed by atoms with Crippen LogP contribution in [-0.2, 0) is 19.4 Å². The standard InChI is InChI=1S/C25H31N5O/c1-18-15-24(21-9-2-3-10-23(21)27-18)26-17-20-8-4-5-12-29(20)13-14-30-25(31)16-19-7-6-11-22(19)28-30/h2-3,9-10,15-16,20H,4-8,11-14,17H2,1H3,(H,26,27). The number of rotatable bonds is 6. The highest BCUT2D eigenvalue weighted by molar-refractivity contribution is 5.91. The number of likely N-dealkylation sites (tertiary alicyclic amines) is 1. The van der Waals surface area contributed by atoms with Crippen molar-refractivity contribution < 1.29 is 0 Å². The number of para-hydroxylation sites is 1. The number of nitrogens with one attached hydrogen (secondary N) is 1. The van der Waals surface area contributed by atoms with Crippen molar-refractivity contribution in [1.29, 1.82) is 0 Å². The first-order valence-corrected chi connectivity index (χ1v) is 11.6. The van der Waals surface area contributed by atoms with Gasteiger partial charge in [0.2, 0.25) is 0 Å². The number of hydrogen-bond acceptors (Lipinski definition) is 5. The van der Waals surface area contributed by atoms with E-state index in [-0.39, 0.29) is 5.56 Å². The summed E-state index contributed by atoms with van der Waals surface area (Å²) in [5.41, 5.74) is 5.55. The maximum absolute atomic E-state index is 12.5. The molecule has 5 rings (SSSR count). The summed E-state index contributed by atoms with van der Waals surface area (Å²) in [4.78, 5) is 19.7. The van der Waals surface area contributed by atoms with Crippen LogP contribution in [0.3, 0.4) is 0 Å². The molecule has 31 heavy (non-hydrogen) atoms. The minimum atomic E-state index is 0.0473. The molecule has 1 atom stereocenters. The Balaban J connectivity index is 1.27. The van der Waals surface area contributed by atoms with Crippen LogP contribution >= 0.6 is 0 Å². The molecule has 6 nitrogen and oxygen atoms in total. The van der Waals surface area contributed by atoms with Crippen molar-refractivity contribution in [2.75, 3.05) is 25.0 Å². The molecule has 0 saturated carbocycles. The molecule has 1 N–H and O–H groups in total. The first kappa shape index (κ1) is 20.2. The predicted octanol–water partition coefficient (Wildman–Crippen LogP) is 3.56. The number of fused-ring (bicyclic) bond motifs is 2. The molecular formula is C25H31N5O. The highest BCUT2D eigenvalue weighted by Gasteiger charge is 2.23. The SMILES string of the molecule is Cc1cc(NCC2CCCCN2CCn2nc3c(cc2=O)CCC3)c2ccccc2n1. The number of benzene rings is 1. The van der Waals surface area contributed by atoms with Crippen LogP contribution in [0.4, 0.5) is 5.69 Å². The second kappa shape index (κ2) is 8.79. The van der Waals surface area contributed by atoms with Crippen molar-refractivity contribution in [1.82, 2.24) is 19.7 Å². The van der Waals surface area contributed by atoms with Gasteiger partial charge in [0.15, 0.2) is 0 Å². The largest absolute Gasteiger partial charge is 0.383 e. The Hall–Kier alpha value is -2.73. The van der Waals surface area contributed by atoms with Gasteiger partial charge >= 0.3 is 0 Å². The molecule has 1 fully saturated rings. The number of pyridine rings is 1. The van der Waals surface area contributed by atoms with Crippen LogP contribution in [0.5, 0.6) is 0 Å². The molecule has 0 bridgehead atoms. The fourth-order valence-electron chi connectivity index (χ4n) is 5.09. The van der Waals surface area contributed by atoms with Crippen LogP contribution < -0.4 is 10.9 Å². The average Bonchev–Trinajstić information content (AvgIpc) is 3.23. The monoisotopic (exact) mass is 417 g/mol. The molecule has 1 aliphatic heterocycles. The molecule has 0 amide bonds. The highest BCUT2D eigenvalue weighted by atomic mass is 16.1. The number of nitrogens with zero attached hydrogens (tertiary/aromatic N) is 4. The van der Waals surface area contributed by atoms with Crippen LogP contribution in [0.25, 0.3) is 10.9 Å². The first-order chi connectivity index (χ1) is 15.2. The van der Waals surface area contributed by atoms with Crippen molar-refractivity contribution in [3.63, 3.8) is 0 Å². The lowest BCUT2D eigenvalue weighted by Gasteiger charge is -2.36. The van der Waals surface area contributed by atoms with Gasteiger partial charge < -0.3 is 5.32 Å².